The molecule has 0 radical (unpaired) electrons. The Balaban J connectivity index is 1.44. The number of aryl methyl sites for hydroxylation is 2. The number of nitrogens with one attached hydrogen (secondary N) is 1. The molecule has 1 saturated carbocycles. The summed E-state index contributed by atoms with van der Waals surface area (Å²) in [7, 11) is 0. The Morgan fingerprint density at radius 2 is 1.68 bits per heavy atom. The van der Waals surface area contributed by atoms with Gasteiger partial charge in [0.25, 0.3) is 5.91 Å². The Hall–Kier alpha value is -2.76. The molecule has 0 unspecified atom stereocenters. The Morgan fingerprint density at radius 3 is 2.35 bits per heavy atom. The van der Waals surface area contributed by atoms with E-state index in [1.807, 2.05) is 49.1 Å². The number of likely N-dealkylation sites (tertiary alicyclic amines) is 1. The van der Waals surface area contributed by atoms with Crippen LogP contribution in [0.3, 0.4) is 0 Å². The van der Waals surface area contributed by atoms with Crippen LogP contribution in [0.4, 0.5) is 0 Å². The highest BCUT2D eigenvalue weighted by Gasteiger charge is 2.28. The van der Waals surface area contributed by atoms with Crippen molar-refractivity contribution in [3.05, 3.63) is 58.7 Å². The molecule has 4 rings (SSSR count). The maximum Gasteiger partial charge on any atom is 0.253 e. The first-order valence-corrected chi connectivity index (χ1v) is 11.5. The molecule has 0 bridgehead atoms. The summed E-state index contributed by atoms with van der Waals surface area (Å²) in [6.07, 6.45) is 6.81. The Morgan fingerprint density at radius 1 is 1.00 bits per heavy atom. The van der Waals surface area contributed by atoms with E-state index in [-0.39, 0.29) is 17.7 Å². The van der Waals surface area contributed by atoms with E-state index in [2.05, 4.69) is 5.32 Å². The predicted octanol–water partition coefficient (Wildman–Crippen LogP) is 3.71. The summed E-state index contributed by atoms with van der Waals surface area (Å²) in [5.74, 6) is 1.05. The standard InChI is InChI=1S/C25H32N4O2/c1-17-22(15-23(30)28-21-12-6-7-13-21)18(2)27-24(26-17)20-11-8-14-29(16-20)25(31)19-9-4-3-5-10-19/h3-5,9-10,20-21H,6-8,11-16H2,1-2H3,(H,28,30)/t20-/m0/s1. The van der Waals surface area contributed by atoms with E-state index in [1.165, 1.54) is 12.8 Å². The maximum absolute atomic E-state index is 12.9. The lowest BCUT2D eigenvalue weighted by Gasteiger charge is -2.32. The van der Waals surface area contributed by atoms with Gasteiger partial charge >= 0.3 is 0 Å². The molecule has 2 amide bonds. The molecule has 1 aliphatic heterocycles. The smallest absolute Gasteiger partial charge is 0.253 e. The highest BCUT2D eigenvalue weighted by molar-refractivity contribution is 5.94. The molecule has 2 aromatic rings. The van der Waals surface area contributed by atoms with Crippen LogP contribution in [0.5, 0.6) is 0 Å². The zero-order valence-corrected chi connectivity index (χ0v) is 18.6. The molecule has 2 heterocycles. The number of aromatic nitrogens is 2. The number of amides is 2. The Kier molecular flexibility index (Phi) is 6.64. The molecule has 1 aromatic heterocycles. The van der Waals surface area contributed by atoms with Crippen molar-refractivity contribution >= 4 is 11.8 Å². The fraction of sp³-hybridized carbons (Fsp3) is 0.520. The molecular weight excluding hydrogens is 388 g/mol. The third kappa shape index (κ3) is 5.12. The fourth-order valence-corrected chi connectivity index (χ4v) is 4.85. The summed E-state index contributed by atoms with van der Waals surface area (Å²) < 4.78 is 0. The van der Waals surface area contributed by atoms with Crippen LogP contribution < -0.4 is 5.32 Å². The van der Waals surface area contributed by atoms with Crippen LogP contribution in [0.25, 0.3) is 0 Å². The van der Waals surface area contributed by atoms with Crippen molar-refractivity contribution in [3.8, 4) is 0 Å². The van der Waals surface area contributed by atoms with E-state index in [9.17, 15) is 9.59 Å². The minimum absolute atomic E-state index is 0.0618. The summed E-state index contributed by atoms with van der Waals surface area (Å²) in [6, 6.07) is 9.76. The third-order valence-corrected chi connectivity index (χ3v) is 6.59. The summed E-state index contributed by atoms with van der Waals surface area (Å²) in [4.78, 5) is 36.8. The number of benzene rings is 1. The Bertz CT molecular complexity index is 915. The van der Waals surface area contributed by atoms with Gasteiger partial charge < -0.3 is 10.2 Å². The quantitative estimate of drug-likeness (QED) is 0.800. The average Bonchev–Trinajstić information content (AvgIpc) is 3.29. The second kappa shape index (κ2) is 9.58. The number of piperidine rings is 1. The van der Waals surface area contributed by atoms with Gasteiger partial charge in [-0.15, -0.1) is 0 Å². The van der Waals surface area contributed by atoms with E-state index < -0.39 is 0 Å². The van der Waals surface area contributed by atoms with Crippen LogP contribution in [-0.2, 0) is 11.2 Å². The molecule has 1 N–H and O–H groups in total. The summed E-state index contributed by atoms with van der Waals surface area (Å²) in [5.41, 5.74) is 3.39. The molecule has 2 fully saturated rings. The van der Waals surface area contributed by atoms with Gasteiger partial charge in [-0.1, -0.05) is 31.0 Å². The third-order valence-electron chi connectivity index (χ3n) is 6.59. The van der Waals surface area contributed by atoms with Gasteiger partial charge in [0, 0.05) is 47.6 Å². The van der Waals surface area contributed by atoms with Gasteiger partial charge in [-0.25, -0.2) is 9.97 Å². The molecule has 31 heavy (non-hydrogen) atoms. The van der Waals surface area contributed by atoms with Crippen molar-refractivity contribution in [3.63, 3.8) is 0 Å². The molecule has 1 atom stereocenters. The molecule has 1 aliphatic carbocycles. The van der Waals surface area contributed by atoms with Crippen molar-refractivity contribution < 1.29 is 9.59 Å². The lowest BCUT2D eigenvalue weighted by atomic mass is 9.95. The van der Waals surface area contributed by atoms with E-state index in [1.54, 1.807) is 0 Å². The average molecular weight is 421 g/mol. The van der Waals surface area contributed by atoms with Gasteiger partial charge in [0.15, 0.2) is 0 Å². The highest BCUT2D eigenvalue weighted by Crippen LogP contribution is 2.27. The Labute approximate surface area is 184 Å². The first-order chi connectivity index (χ1) is 15.0. The number of nitrogens with zero attached hydrogens (tertiary/aromatic N) is 3. The zero-order chi connectivity index (χ0) is 21.8. The largest absolute Gasteiger partial charge is 0.353 e. The van der Waals surface area contributed by atoms with Crippen LogP contribution in [0, 0.1) is 13.8 Å². The molecule has 6 nitrogen and oxygen atoms in total. The lowest BCUT2D eigenvalue weighted by Crippen LogP contribution is -2.39. The molecule has 1 aromatic carbocycles. The van der Waals surface area contributed by atoms with Gasteiger partial charge in [-0.05, 0) is 51.7 Å². The lowest BCUT2D eigenvalue weighted by molar-refractivity contribution is -0.121. The first-order valence-electron chi connectivity index (χ1n) is 11.5. The SMILES string of the molecule is Cc1nc([C@H]2CCCN(C(=O)c3ccccc3)C2)nc(C)c1CC(=O)NC1CCCC1. The summed E-state index contributed by atoms with van der Waals surface area (Å²) >= 11 is 0. The molecule has 1 saturated heterocycles. The second-order valence-electron chi connectivity index (χ2n) is 8.91. The topological polar surface area (TPSA) is 75.2 Å². The van der Waals surface area contributed by atoms with Crippen LogP contribution in [0.2, 0.25) is 0 Å². The van der Waals surface area contributed by atoms with E-state index in [4.69, 9.17) is 9.97 Å². The molecule has 164 valence electrons. The minimum Gasteiger partial charge on any atom is -0.353 e. The predicted molar refractivity (Wildman–Crippen MR) is 120 cm³/mol. The van der Waals surface area contributed by atoms with Crippen LogP contribution in [-0.4, -0.2) is 45.8 Å². The monoisotopic (exact) mass is 420 g/mol. The van der Waals surface area contributed by atoms with E-state index in [0.29, 0.717) is 19.0 Å². The fourth-order valence-electron chi connectivity index (χ4n) is 4.85. The van der Waals surface area contributed by atoms with Gasteiger partial charge in [0.1, 0.15) is 5.82 Å². The second-order valence-corrected chi connectivity index (χ2v) is 8.91. The van der Waals surface area contributed by atoms with Crippen molar-refractivity contribution in [1.29, 1.82) is 0 Å². The van der Waals surface area contributed by atoms with Crippen molar-refractivity contribution in [2.75, 3.05) is 13.1 Å². The minimum atomic E-state index is 0.0618. The van der Waals surface area contributed by atoms with Gasteiger partial charge in [0.2, 0.25) is 5.91 Å². The number of rotatable bonds is 5. The number of carbonyl (C=O) groups excluding carboxylic acids is 2. The summed E-state index contributed by atoms with van der Waals surface area (Å²) in [5, 5.41) is 3.15. The number of hydrogen-bond acceptors (Lipinski definition) is 4. The van der Waals surface area contributed by atoms with Crippen molar-refractivity contribution in [2.45, 2.75) is 70.8 Å². The molecular formula is C25H32N4O2. The van der Waals surface area contributed by atoms with Crippen LogP contribution in [0.1, 0.15) is 77.6 Å². The summed E-state index contributed by atoms with van der Waals surface area (Å²) in [6.45, 7) is 5.33. The van der Waals surface area contributed by atoms with Gasteiger partial charge in [-0.3, -0.25) is 9.59 Å². The molecule has 2 aliphatic rings. The van der Waals surface area contributed by atoms with Gasteiger partial charge in [0.05, 0.1) is 6.42 Å². The number of hydrogen-bond donors (Lipinski definition) is 1. The normalized spacial score (nSPS) is 19.4. The number of carbonyl (C=O) groups is 2. The van der Waals surface area contributed by atoms with Crippen molar-refractivity contribution in [2.24, 2.45) is 0 Å². The zero-order valence-electron chi connectivity index (χ0n) is 18.6. The van der Waals surface area contributed by atoms with Gasteiger partial charge in [-0.2, -0.15) is 0 Å². The molecule has 0 spiro atoms. The van der Waals surface area contributed by atoms with Crippen LogP contribution >= 0.6 is 0 Å². The maximum atomic E-state index is 12.9. The van der Waals surface area contributed by atoms with E-state index in [0.717, 1.165) is 60.6 Å². The van der Waals surface area contributed by atoms with Crippen molar-refractivity contribution in [1.82, 2.24) is 20.2 Å². The highest BCUT2D eigenvalue weighted by atomic mass is 16.2. The molecule has 6 heteroatoms. The first kappa shape index (κ1) is 21.5. The van der Waals surface area contributed by atoms with Crippen LogP contribution in [0.15, 0.2) is 30.3 Å². The van der Waals surface area contributed by atoms with E-state index >= 15 is 0 Å².